The summed E-state index contributed by atoms with van der Waals surface area (Å²) in [6.07, 6.45) is 8.10. The number of benzene rings is 1. The zero-order valence-corrected chi connectivity index (χ0v) is 17.2. The van der Waals surface area contributed by atoms with Gasteiger partial charge in [-0.3, -0.25) is 4.79 Å². The molecule has 0 bridgehead atoms. The van der Waals surface area contributed by atoms with Crippen molar-refractivity contribution in [3.05, 3.63) is 55.1 Å². The summed E-state index contributed by atoms with van der Waals surface area (Å²) in [5.74, 6) is 1.83. The summed E-state index contributed by atoms with van der Waals surface area (Å²) < 4.78 is 1.95. The van der Waals surface area contributed by atoms with Crippen LogP contribution in [0.1, 0.15) is 26.2 Å². The van der Waals surface area contributed by atoms with Gasteiger partial charge in [0.2, 0.25) is 5.91 Å². The molecule has 3 aromatic rings. The monoisotopic (exact) mass is 405 g/mol. The number of aromatic nitrogens is 4. The number of nitrogens with one attached hydrogen (secondary N) is 2. The number of carbonyl (C=O) groups is 1. The van der Waals surface area contributed by atoms with Gasteiger partial charge in [-0.1, -0.05) is 6.92 Å². The number of carbonyl (C=O) groups excluding carboxylic acids is 1. The molecule has 1 saturated heterocycles. The molecule has 1 aliphatic rings. The molecule has 1 amide bonds. The Morgan fingerprint density at radius 2 is 1.90 bits per heavy atom. The Balaban J connectivity index is 1.31. The van der Waals surface area contributed by atoms with Crippen LogP contribution in [0.4, 0.5) is 17.3 Å². The quantitative estimate of drug-likeness (QED) is 0.628. The minimum Gasteiger partial charge on any atom is -0.356 e. The number of amides is 1. The third-order valence-corrected chi connectivity index (χ3v) is 5.33. The van der Waals surface area contributed by atoms with Crippen molar-refractivity contribution in [2.24, 2.45) is 5.92 Å². The molecule has 156 valence electrons. The fourth-order valence-corrected chi connectivity index (χ4v) is 3.60. The third-order valence-electron chi connectivity index (χ3n) is 5.33. The maximum Gasteiger partial charge on any atom is 0.223 e. The first-order valence-corrected chi connectivity index (χ1v) is 10.4. The Hall–Kier alpha value is -3.42. The van der Waals surface area contributed by atoms with Gasteiger partial charge in [-0.05, 0) is 55.7 Å². The maximum absolute atomic E-state index is 12.1. The predicted octanol–water partition coefficient (Wildman–Crippen LogP) is 3.15. The molecular weight excluding hydrogens is 378 g/mol. The normalized spacial score (nSPS) is 14.5. The molecule has 1 fully saturated rings. The van der Waals surface area contributed by atoms with Crippen molar-refractivity contribution in [3.8, 4) is 5.69 Å². The Bertz CT molecular complexity index is 931. The van der Waals surface area contributed by atoms with Crippen molar-refractivity contribution in [2.75, 3.05) is 29.9 Å². The second-order valence-electron chi connectivity index (χ2n) is 7.47. The number of hydrogen-bond donors (Lipinski definition) is 2. The van der Waals surface area contributed by atoms with Crippen LogP contribution in [0.2, 0.25) is 0 Å². The molecule has 0 aliphatic carbocycles. The first kappa shape index (κ1) is 19.9. The fourth-order valence-electron chi connectivity index (χ4n) is 3.60. The van der Waals surface area contributed by atoms with Crippen LogP contribution in [0.25, 0.3) is 5.69 Å². The lowest BCUT2D eigenvalue weighted by molar-refractivity contribution is -0.125. The molecule has 8 nitrogen and oxygen atoms in total. The lowest BCUT2D eigenvalue weighted by Gasteiger charge is -2.31. The van der Waals surface area contributed by atoms with Gasteiger partial charge in [0.05, 0.1) is 6.33 Å². The highest BCUT2D eigenvalue weighted by atomic mass is 16.1. The molecule has 1 aromatic carbocycles. The zero-order valence-electron chi connectivity index (χ0n) is 17.2. The van der Waals surface area contributed by atoms with E-state index in [-0.39, 0.29) is 11.8 Å². The van der Waals surface area contributed by atoms with Gasteiger partial charge in [0.25, 0.3) is 0 Å². The smallest absolute Gasteiger partial charge is 0.223 e. The highest BCUT2D eigenvalue weighted by Crippen LogP contribution is 2.23. The van der Waals surface area contributed by atoms with Gasteiger partial charge >= 0.3 is 0 Å². The van der Waals surface area contributed by atoms with Gasteiger partial charge in [-0.2, -0.15) is 0 Å². The summed E-state index contributed by atoms with van der Waals surface area (Å²) in [5.41, 5.74) is 1.99. The predicted molar refractivity (Wildman–Crippen MR) is 117 cm³/mol. The Morgan fingerprint density at radius 1 is 1.10 bits per heavy atom. The molecule has 4 rings (SSSR count). The first-order valence-electron chi connectivity index (χ1n) is 10.4. The van der Waals surface area contributed by atoms with Gasteiger partial charge < -0.3 is 20.1 Å². The molecule has 30 heavy (non-hydrogen) atoms. The summed E-state index contributed by atoms with van der Waals surface area (Å²) in [6.45, 7) is 4.46. The molecule has 0 spiro atoms. The van der Waals surface area contributed by atoms with Crippen molar-refractivity contribution < 1.29 is 4.79 Å². The molecule has 3 heterocycles. The molecule has 0 unspecified atom stereocenters. The van der Waals surface area contributed by atoms with Gasteiger partial charge in [-0.15, -0.1) is 10.2 Å². The van der Waals surface area contributed by atoms with E-state index >= 15 is 0 Å². The average molecular weight is 406 g/mol. The van der Waals surface area contributed by atoms with Crippen LogP contribution in [0.5, 0.6) is 0 Å². The van der Waals surface area contributed by atoms with Gasteiger partial charge in [-0.25, -0.2) is 4.98 Å². The van der Waals surface area contributed by atoms with E-state index in [9.17, 15) is 4.79 Å². The van der Waals surface area contributed by atoms with Crippen LogP contribution >= 0.6 is 0 Å². The second kappa shape index (κ2) is 9.39. The Kier molecular flexibility index (Phi) is 6.22. The SMILES string of the molecule is CCCNC(=O)C1CCN(c2ccc(Nc3ccc(-n4ccnc4)cc3)nn2)CC1. The first-order chi connectivity index (χ1) is 14.7. The second-order valence-corrected chi connectivity index (χ2v) is 7.47. The van der Waals surface area contributed by atoms with Crippen molar-refractivity contribution in [1.29, 1.82) is 0 Å². The van der Waals surface area contributed by atoms with E-state index in [1.165, 1.54) is 0 Å². The van der Waals surface area contributed by atoms with E-state index in [0.717, 1.165) is 56.1 Å². The van der Waals surface area contributed by atoms with Crippen molar-refractivity contribution >= 4 is 23.2 Å². The van der Waals surface area contributed by atoms with E-state index in [4.69, 9.17) is 0 Å². The summed E-state index contributed by atoms with van der Waals surface area (Å²) in [7, 11) is 0. The number of hydrogen-bond acceptors (Lipinski definition) is 6. The van der Waals surface area contributed by atoms with E-state index in [2.05, 4.69) is 37.6 Å². The lowest BCUT2D eigenvalue weighted by Crippen LogP contribution is -2.41. The molecule has 1 aliphatic heterocycles. The molecule has 0 radical (unpaired) electrons. The van der Waals surface area contributed by atoms with Crippen molar-refractivity contribution in [3.63, 3.8) is 0 Å². The zero-order chi connectivity index (χ0) is 20.8. The molecule has 8 heteroatoms. The van der Waals surface area contributed by atoms with Crippen molar-refractivity contribution in [1.82, 2.24) is 25.1 Å². The van der Waals surface area contributed by atoms with Crippen LogP contribution in [-0.2, 0) is 4.79 Å². The highest BCUT2D eigenvalue weighted by molar-refractivity contribution is 5.78. The van der Waals surface area contributed by atoms with E-state index < -0.39 is 0 Å². The average Bonchev–Trinajstić information content (AvgIpc) is 3.34. The van der Waals surface area contributed by atoms with Gasteiger partial charge in [0, 0.05) is 49.3 Å². The van der Waals surface area contributed by atoms with Crippen molar-refractivity contribution in [2.45, 2.75) is 26.2 Å². The molecule has 2 aromatic heterocycles. The van der Waals surface area contributed by atoms with E-state index in [0.29, 0.717) is 5.82 Å². The minimum absolute atomic E-state index is 0.104. The number of anilines is 3. The van der Waals surface area contributed by atoms with Crippen LogP contribution in [0, 0.1) is 5.92 Å². The summed E-state index contributed by atoms with van der Waals surface area (Å²) >= 11 is 0. The molecule has 0 atom stereocenters. The standard InChI is InChI=1S/C22H27N7O/c1-2-11-24-22(30)17-9-13-28(14-10-17)21-8-7-20(26-27-21)25-18-3-5-19(6-4-18)29-15-12-23-16-29/h3-8,12,15-17H,2,9-11,13-14H2,1H3,(H,24,30)(H,25,26). The largest absolute Gasteiger partial charge is 0.356 e. The lowest BCUT2D eigenvalue weighted by atomic mass is 9.96. The van der Waals surface area contributed by atoms with E-state index in [1.807, 2.05) is 47.2 Å². The molecule has 2 N–H and O–H groups in total. The minimum atomic E-state index is 0.104. The van der Waals surface area contributed by atoms with Gasteiger partial charge in [0.1, 0.15) is 0 Å². The number of piperidine rings is 1. The Labute approximate surface area is 176 Å². The van der Waals surface area contributed by atoms with Gasteiger partial charge in [0.15, 0.2) is 11.6 Å². The maximum atomic E-state index is 12.1. The number of nitrogens with zero attached hydrogens (tertiary/aromatic N) is 5. The topological polar surface area (TPSA) is 88.0 Å². The van der Waals surface area contributed by atoms with Crippen LogP contribution in [0.3, 0.4) is 0 Å². The Morgan fingerprint density at radius 3 is 2.53 bits per heavy atom. The van der Waals surface area contributed by atoms with Crippen LogP contribution in [0.15, 0.2) is 55.1 Å². The van der Waals surface area contributed by atoms with E-state index in [1.54, 1.807) is 12.5 Å². The summed E-state index contributed by atoms with van der Waals surface area (Å²) in [4.78, 5) is 18.4. The fraction of sp³-hybridized carbons (Fsp3) is 0.364. The third kappa shape index (κ3) is 4.76. The summed E-state index contributed by atoms with van der Waals surface area (Å²) in [6, 6.07) is 12.0. The number of imidazole rings is 1. The number of rotatable bonds is 7. The van der Waals surface area contributed by atoms with Crippen LogP contribution < -0.4 is 15.5 Å². The van der Waals surface area contributed by atoms with Crippen LogP contribution in [-0.4, -0.2) is 45.3 Å². The highest BCUT2D eigenvalue weighted by Gasteiger charge is 2.25. The molecular formula is C22H27N7O. The molecule has 0 saturated carbocycles. The summed E-state index contributed by atoms with van der Waals surface area (Å²) in [5, 5.41) is 15.0.